The lowest BCUT2D eigenvalue weighted by Crippen LogP contribution is -2.05. The maximum Gasteiger partial charge on any atom is 0.335 e. The number of fused-ring (bicyclic) bond motifs is 1. The number of carboxylic acid groups (broad SMARTS) is 1. The molecule has 0 aliphatic carbocycles. The summed E-state index contributed by atoms with van der Waals surface area (Å²) >= 11 is 0. The van der Waals surface area contributed by atoms with Crippen LogP contribution in [0.2, 0.25) is 0 Å². The lowest BCUT2D eigenvalue weighted by atomic mass is 10.1. The van der Waals surface area contributed by atoms with E-state index in [1.807, 2.05) is 6.07 Å². The molecular weight excluding hydrogens is 314 g/mol. The van der Waals surface area contributed by atoms with Crippen LogP contribution in [-0.2, 0) is 6.54 Å². The highest BCUT2D eigenvalue weighted by Crippen LogP contribution is 2.38. The molecule has 0 saturated heterocycles. The van der Waals surface area contributed by atoms with Gasteiger partial charge in [0.1, 0.15) is 11.5 Å². The van der Waals surface area contributed by atoms with E-state index >= 15 is 0 Å². The number of ether oxygens (including phenoxy) is 4. The Morgan fingerprint density at radius 1 is 1.12 bits per heavy atom. The van der Waals surface area contributed by atoms with Crippen LogP contribution in [0, 0.1) is 0 Å². The van der Waals surface area contributed by atoms with Crippen LogP contribution in [0.25, 0.3) is 0 Å². The molecule has 0 aromatic heterocycles. The molecule has 0 unspecified atom stereocenters. The Hall–Kier alpha value is -3.09. The van der Waals surface area contributed by atoms with Crippen molar-refractivity contribution in [2.24, 2.45) is 0 Å². The summed E-state index contributed by atoms with van der Waals surface area (Å²) in [6.07, 6.45) is 0. The van der Waals surface area contributed by atoms with Gasteiger partial charge in [0.25, 0.3) is 0 Å². The Kier molecular flexibility index (Phi) is 4.33. The van der Waals surface area contributed by atoms with Crippen LogP contribution in [0.1, 0.15) is 15.9 Å². The van der Waals surface area contributed by atoms with Gasteiger partial charge in [-0.25, -0.2) is 4.79 Å². The predicted molar refractivity (Wildman–Crippen MR) is 86.4 cm³/mol. The standard InChI is InChI=1S/C17H17NO6/c1-21-13-4-3-10(17(19)20)5-12(13)18-8-11-6-15-16(24-9-23-15)7-14(11)22-2/h3-7,18H,8-9H2,1-2H3,(H,19,20). The minimum Gasteiger partial charge on any atom is -0.496 e. The molecule has 0 fully saturated rings. The minimum absolute atomic E-state index is 0.177. The number of benzene rings is 2. The van der Waals surface area contributed by atoms with Crippen molar-refractivity contribution < 1.29 is 28.8 Å². The smallest absolute Gasteiger partial charge is 0.335 e. The van der Waals surface area contributed by atoms with Crippen molar-refractivity contribution in [2.45, 2.75) is 6.54 Å². The lowest BCUT2D eigenvalue weighted by Gasteiger charge is -2.14. The van der Waals surface area contributed by atoms with Crippen LogP contribution in [0.5, 0.6) is 23.0 Å². The van der Waals surface area contributed by atoms with Gasteiger partial charge in [-0.3, -0.25) is 0 Å². The lowest BCUT2D eigenvalue weighted by molar-refractivity contribution is 0.0697. The van der Waals surface area contributed by atoms with Crippen molar-refractivity contribution in [2.75, 3.05) is 26.3 Å². The molecule has 24 heavy (non-hydrogen) atoms. The molecule has 2 aromatic rings. The number of anilines is 1. The molecule has 0 spiro atoms. The van der Waals surface area contributed by atoms with E-state index in [4.69, 9.17) is 24.1 Å². The molecule has 7 heteroatoms. The third kappa shape index (κ3) is 3.01. The third-order valence-electron chi connectivity index (χ3n) is 3.69. The number of rotatable bonds is 6. The first-order valence-corrected chi connectivity index (χ1v) is 7.24. The third-order valence-corrected chi connectivity index (χ3v) is 3.69. The van der Waals surface area contributed by atoms with E-state index in [1.54, 1.807) is 19.2 Å². The summed E-state index contributed by atoms with van der Waals surface area (Å²) in [5, 5.41) is 12.3. The number of nitrogens with one attached hydrogen (secondary N) is 1. The molecule has 7 nitrogen and oxygen atoms in total. The molecule has 3 rings (SSSR count). The Morgan fingerprint density at radius 3 is 2.50 bits per heavy atom. The van der Waals surface area contributed by atoms with Crippen molar-refractivity contribution in [3.8, 4) is 23.0 Å². The van der Waals surface area contributed by atoms with Gasteiger partial charge in [0.05, 0.1) is 25.5 Å². The van der Waals surface area contributed by atoms with Gasteiger partial charge >= 0.3 is 5.97 Å². The van der Waals surface area contributed by atoms with Gasteiger partial charge in [0, 0.05) is 18.2 Å². The zero-order valence-corrected chi connectivity index (χ0v) is 13.3. The molecule has 1 heterocycles. The van der Waals surface area contributed by atoms with E-state index < -0.39 is 5.97 Å². The zero-order valence-electron chi connectivity index (χ0n) is 13.3. The van der Waals surface area contributed by atoms with E-state index in [0.29, 0.717) is 35.2 Å². The van der Waals surface area contributed by atoms with Crippen molar-refractivity contribution in [3.63, 3.8) is 0 Å². The van der Waals surface area contributed by atoms with E-state index in [9.17, 15) is 4.79 Å². The topological polar surface area (TPSA) is 86.3 Å². The Labute approximate surface area is 138 Å². The fourth-order valence-electron chi connectivity index (χ4n) is 2.46. The number of carboxylic acids is 1. The van der Waals surface area contributed by atoms with Crippen LogP contribution in [0.4, 0.5) is 5.69 Å². The summed E-state index contributed by atoms with van der Waals surface area (Å²) in [5.74, 6) is 1.50. The fraction of sp³-hybridized carbons (Fsp3) is 0.235. The molecule has 2 N–H and O–H groups in total. The fourth-order valence-corrected chi connectivity index (χ4v) is 2.46. The van der Waals surface area contributed by atoms with Gasteiger partial charge in [-0.15, -0.1) is 0 Å². The van der Waals surface area contributed by atoms with Gasteiger partial charge in [-0.05, 0) is 24.3 Å². The van der Waals surface area contributed by atoms with Crippen LogP contribution < -0.4 is 24.3 Å². The Morgan fingerprint density at radius 2 is 1.83 bits per heavy atom. The summed E-state index contributed by atoms with van der Waals surface area (Å²) in [6.45, 7) is 0.586. The largest absolute Gasteiger partial charge is 0.496 e. The minimum atomic E-state index is -0.999. The summed E-state index contributed by atoms with van der Waals surface area (Å²) in [5.41, 5.74) is 1.61. The van der Waals surface area contributed by atoms with Crippen molar-refractivity contribution in [1.29, 1.82) is 0 Å². The SMILES string of the molecule is COc1cc2c(cc1CNc1cc(C(=O)O)ccc1OC)OCO2. The highest BCUT2D eigenvalue weighted by molar-refractivity contribution is 5.89. The highest BCUT2D eigenvalue weighted by atomic mass is 16.7. The quantitative estimate of drug-likeness (QED) is 0.841. The molecule has 0 amide bonds. The van der Waals surface area contributed by atoms with E-state index in [1.165, 1.54) is 19.2 Å². The van der Waals surface area contributed by atoms with E-state index in [0.717, 1.165) is 5.56 Å². The Bertz CT molecular complexity index is 774. The zero-order chi connectivity index (χ0) is 17.1. The van der Waals surface area contributed by atoms with E-state index in [2.05, 4.69) is 5.32 Å². The van der Waals surface area contributed by atoms with Gasteiger partial charge in [-0.1, -0.05) is 0 Å². The molecule has 0 saturated carbocycles. The Balaban J connectivity index is 1.85. The number of carbonyl (C=O) groups is 1. The average molecular weight is 331 g/mol. The number of aromatic carboxylic acids is 1. The normalized spacial score (nSPS) is 11.9. The summed E-state index contributed by atoms with van der Waals surface area (Å²) < 4.78 is 21.4. The van der Waals surface area contributed by atoms with Gasteiger partial charge in [0.2, 0.25) is 6.79 Å². The van der Waals surface area contributed by atoms with Crippen molar-refractivity contribution in [3.05, 3.63) is 41.5 Å². The molecule has 2 aromatic carbocycles. The van der Waals surface area contributed by atoms with Crippen molar-refractivity contribution in [1.82, 2.24) is 0 Å². The molecule has 0 atom stereocenters. The van der Waals surface area contributed by atoms with Crippen LogP contribution in [-0.4, -0.2) is 32.1 Å². The first-order chi connectivity index (χ1) is 11.6. The molecule has 0 radical (unpaired) electrons. The van der Waals surface area contributed by atoms with Crippen LogP contribution >= 0.6 is 0 Å². The second-order valence-corrected chi connectivity index (χ2v) is 5.09. The monoisotopic (exact) mass is 331 g/mol. The summed E-state index contributed by atoms with van der Waals surface area (Å²) in [6, 6.07) is 8.24. The van der Waals surface area contributed by atoms with Gasteiger partial charge in [0.15, 0.2) is 11.5 Å². The van der Waals surface area contributed by atoms with Crippen LogP contribution in [0.3, 0.4) is 0 Å². The average Bonchev–Trinajstić information content (AvgIpc) is 3.05. The maximum atomic E-state index is 11.1. The van der Waals surface area contributed by atoms with Gasteiger partial charge in [-0.2, -0.15) is 0 Å². The molecule has 0 bridgehead atoms. The molecule has 1 aliphatic rings. The second-order valence-electron chi connectivity index (χ2n) is 5.09. The first kappa shape index (κ1) is 15.8. The molecule has 1 aliphatic heterocycles. The molecule has 126 valence electrons. The number of hydrogen-bond donors (Lipinski definition) is 2. The van der Waals surface area contributed by atoms with Gasteiger partial charge < -0.3 is 29.4 Å². The number of methoxy groups -OCH3 is 2. The summed E-state index contributed by atoms with van der Waals surface area (Å²) in [4.78, 5) is 11.1. The molecular formula is C17H17NO6. The predicted octanol–water partition coefficient (Wildman–Crippen LogP) is 2.74. The summed E-state index contributed by atoms with van der Waals surface area (Å²) in [7, 11) is 3.11. The maximum absolute atomic E-state index is 11.1. The highest BCUT2D eigenvalue weighted by Gasteiger charge is 2.18. The van der Waals surface area contributed by atoms with Crippen LogP contribution in [0.15, 0.2) is 30.3 Å². The second kappa shape index (κ2) is 6.57. The van der Waals surface area contributed by atoms with Crippen molar-refractivity contribution >= 4 is 11.7 Å². The number of hydrogen-bond acceptors (Lipinski definition) is 6. The van der Waals surface area contributed by atoms with E-state index in [-0.39, 0.29) is 12.4 Å². The first-order valence-electron chi connectivity index (χ1n) is 7.24.